The summed E-state index contributed by atoms with van der Waals surface area (Å²) in [5, 5.41) is 7.72. The van der Waals surface area contributed by atoms with Gasteiger partial charge < -0.3 is 9.64 Å². The SMILES string of the molecule is Cc1nonc1CN1CCN(C(=O)COc2ccc(C(C)C)cc2)CC1. The van der Waals surface area contributed by atoms with E-state index in [-0.39, 0.29) is 12.5 Å². The molecule has 7 heteroatoms. The van der Waals surface area contributed by atoms with Gasteiger partial charge in [0.15, 0.2) is 6.61 Å². The van der Waals surface area contributed by atoms with Crippen molar-refractivity contribution in [2.75, 3.05) is 32.8 Å². The quantitative estimate of drug-likeness (QED) is 0.788. The van der Waals surface area contributed by atoms with Crippen molar-refractivity contribution in [2.45, 2.75) is 33.2 Å². The molecular formula is C19H26N4O3. The number of amides is 1. The summed E-state index contributed by atoms with van der Waals surface area (Å²) >= 11 is 0. The normalized spacial score (nSPS) is 15.5. The number of carbonyl (C=O) groups is 1. The summed E-state index contributed by atoms with van der Waals surface area (Å²) in [7, 11) is 0. The van der Waals surface area contributed by atoms with Gasteiger partial charge in [-0.1, -0.05) is 36.3 Å². The Hall–Kier alpha value is -2.41. The van der Waals surface area contributed by atoms with Crippen LogP contribution in [0.5, 0.6) is 5.75 Å². The van der Waals surface area contributed by atoms with Crippen LogP contribution in [0.15, 0.2) is 28.9 Å². The maximum Gasteiger partial charge on any atom is 0.260 e. The molecule has 0 aliphatic carbocycles. The third-order valence-electron chi connectivity index (χ3n) is 4.75. The van der Waals surface area contributed by atoms with Crippen molar-refractivity contribution < 1.29 is 14.2 Å². The summed E-state index contributed by atoms with van der Waals surface area (Å²) in [6.07, 6.45) is 0. The first-order valence-electron chi connectivity index (χ1n) is 9.04. The molecular weight excluding hydrogens is 332 g/mol. The average Bonchev–Trinajstić information content (AvgIpc) is 3.05. The van der Waals surface area contributed by atoms with Crippen LogP contribution in [0.1, 0.15) is 36.7 Å². The Bertz CT molecular complexity index is 719. The van der Waals surface area contributed by atoms with Crippen molar-refractivity contribution in [2.24, 2.45) is 0 Å². The molecule has 2 heterocycles. The van der Waals surface area contributed by atoms with E-state index in [1.807, 2.05) is 36.1 Å². The van der Waals surface area contributed by atoms with Crippen molar-refractivity contribution in [1.29, 1.82) is 0 Å². The lowest BCUT2D eigenvalue weighted by atomic mass is 10.0. The van der Waals surface area contributed by atoms with Crippen LogP contribution in [0.2, 0.25) is 0 Å². The monoisotopic (exact) mass is 358 g/mol. The minimum atomic E-state index is 0.0249. The van der Waals surface area contributed by atoms with Gasteiger partial charge in [-0.05, 0) is 30.5 Å². The number of piperazine rings is 1. The van der Waals surface area contributed by atoms with Crippen molar-refractivity contribution in [1.82, 2.24) is 20.1 Å². The molecule has 0 bridgehead atoms. The van der Waals surface area contributed by atoms with Crippen molar-refractivity contribution in [3.05, 3.63) is 41.2 Å². The average molecular weight is 358 g/mol. The predicted molar refractivity (Wildman–Crippen MR) is 96.9 cm³/mol. The minimum absolute atomic E-state index is 0.0249. The molecule has 1 aromatic heterocycles. The van der Waals surface area contributed by atoms with Crippen molar-refractivity contribution in [3.63, 3.8) is 0 Å². The van der Waals surface area contributed by atoms with Gasteiger partial charge in [0.05, 0.1) is 0 Å². The number of hydrogen-bond acceptors (Lipinski definition) is 6. The molecule has 0 saturated carbocycles. The number of rotatable bonds is 6. The zero-order valence-electron chi connectivity index (χ0n) is 15.6. The number of carbonyl (C=O) groups excluding carboxylic acids is 1. The van der Waals surface area contributed by atoms with Crippen LogP contribution in [0.25, 0.3) is 0 Å². The highest BCUT2D eigenvalue weighted by Crippen LogP contribution is 2.18. The zero-order valence-corrected chi connectivity index (χ0v) is 15.6. The first-order chi connectivity index (χ1) is 12.5. The van der Waals surface area contributed by atoms with Crippen LogP contribution in [0.3, 0.4) is 0 Å². The van der Waals surface area contributed by atoms with Crippen LogP contribution in [-0.2, 0) is 11.3 Å². The smallest absolute Gasteiger partial charge is 0.260 e. The van der Waals surface area contributed by atoms with Gasteiger partial charge in [0.1, 0.15) is 17.1 Å². The molecule has 140 valence electrons. The molecule has 3 rings (SSSR count). The van der Waals surface area contributed by atoms with E-state index in [9.17, 15) is 4.79 Å². The van der Waals surface area contributed by atoms with E-state index in [4.69, 9.17) is 9.37 Å². The van der Waals surface area contributed by atoms with E-state index in [0.29, 0.717) is 25.6 Å². The van der Waals surface area contributed by atoms with Gasteiger partial charge in [0.2, 0.25) is 0 Å². The summed E-state index contributed by atoms with van der Waals surface area (Å²) in [6, 6.07) is 7.94. The Morgan fingerprint density at radius 3 is 2.42 bits per heavy atom. The molecule has 1 saturated heterocycles. The Labute approximate surface area is 153 Å². The lowest BCUT2D eigenvalue weighted by Crippen LogP contribution is -2.49. The number of aromatic nitrogens is 2. The second-order valence-corrected chi connectivity index (χ2v) is 6.97. The Balaban J connectivity index is 1.42. The van der Waals surface area contributed by atoms with Crippen LogP contribution >= 0.6 is 0 Å². The lowest BCUT2D eigenvalue weighted by molar-refractivity contribution is -0.135. The molecule has 0 spiro atoms. The molecule has 0 radical (unpaired) electrons. The fourth-order valence-corrected chi connectivity index (χ4v) is 2.95. The molecule has 0 atom stereocenters. The number of benzene rings is 1. The highest BCUT2D eigenvalue weighted by molar-refractivity contribution is 5.77. The molecule has 7 nitrogen and oxygen atoms in total. The van der Waals surface area contributed by atoms with Gasteiger partial charge in [-0.3, -0.25) is 9.69 Å². The molecule has 1 fully saturated rings. The molecule has 1 aromatic carbocycles. The van der Waals surface area contributed by atoms with E-state index in [2.05, 4.69) is 29.1 Å². The van der Waals surface area contributed by atoms with Gasteiger partial charge in [-0.15, -0.1) is 0 Å². The fraction of sp³-hybridized carbons (Fsp3) is 0.526. The number of hydrogen-bond donors (Lipinski definition) is 0. The second kappa shape index (κ2) is 8.31. The molecule has 1 aliphatic heterocycles. The highest BCUT2D eigenvalue weighted by Gasteiger charge is 2.22. The summed E-state index contributed by atoms with van der Waals surface area (Å²) in [5.41, 5.74) is 2.94. The maximum atomic E-state index is 12.4. The molecule has 2 aromatic rings. The number of ether oxygens (including phenoxy) is 1. The van der Waals surface area contributed by atoms with E-state index in [0.717, 1.165) is 30.2 Å². The van der Waals surface area contributed by atoms with E-state index < -0.39 is 0 Å². The lowest BCUT2D eigenvalue weighted by Gasteiger charge is -2.34. The molecule has 1 aliphatic rings. The topological polar surface area (TPSA) is 71.7 Å². The molecule has 0 N–H and O–H groups in total. The third kappa shape index (κ3) is 4.60. The molecule has 0 unspecified atom stereocenters. The second-order valence-electron chi connectivity index (χ2n) is 6.97. The summed E-state index contributed by atoms with van der Waals surface area (Å²) in [4.78, 5) is 16.5. The first-order valence-corrected chi connectivity index (χ1v) is 9.04. The van der Waals surface area contributed by atoms with Crippen LogP contribution in [-0.4, -0.2) is 58.8 Å². The Morgan fingerprint density at radius 2 is 1.85 bits per heavy atom. The van der Waals surface area contributed by atoms with Gasteiger partial charge in [0.25, 0.3) is 5.91 Å². The predicted octanol–water partition coefficient (Wildman–Crippen LogP) is 2.22. The zero-order chi connectivity index (χ0) is 18.5. The van der Waals surface area contributed by atoms with Gasteiger partial charge >= 0.3 is 0 Å². The number of aryl methyl sites for hydroxylation is 1. The van der Waals surface area contributed by atoms with Crippen LogP contribution in [0.4, 0.5) is 0 Å². The largest absolute Gasteiger partial charge is 0.484 e. The van der Waals surface area contributed by atoms with Crippen molar-refractivity contribution >= 4 is 5.91 Å². The minimum Gasteiger partial charge on any atom is -0.484 e. The van der Waals surface area contributed by atoms with Crippen LogP contribution in [0, 0.1) is 6.92 Å². The molecule has 26 heavy (non-hydrogen) atoms. The summed E-state index contributed by atoms with van der Waals surface area (Å²) < 4.78 is 10.4. The van der Waals surface area contributed by atoms with E-state index >= 15 is 0 Å². The van der Waals surface area contributed by atoms with E-state index in [1.54, 1.807) is 0 Å². The van der Waals surface area contributed by atoms with Crippen LogP contribution < -0.4 is 4.74 Å². The van der Waals surface area contributed by atoms with Crippen molar-refractivity contribution in [3.8, 4) is 5.75 Å². The van der Waals surface area contributed by atoms with Gasteiger partial charge in [-0.25, -0.2) is 4.63 Å². The summed E-state index contributed by atoms with van der Waals surface area (Å²) in [6.45, 7) is 9.97. The maximum absolute atomic E-state index is 12.4. The third-order valence-corrected chi connectivity index (χ3v) is 4.75. The fourth-order valence-electron chi connectivity index (χ4n) is 2.95. The van der Waals surface area contributed by atoms with E-state index in [1.165, 1.54) is 5.56 Å². The molecule has 1 amide bonds. The summed E-state index contributed by atoms with van der Waals surface area (Å²) in [5.74, 6) is 1.24. The Kier molecular flexibility index (Phi) is 5.88. The standard InChI is InChI=1S/C19H26N4O3/c1-14(2)16-4-6-17(7-5-16)25-13-19(24)23-10-8-22(9-11-23)12-18-15(3)20-26-21-18/h4-7,14H,8-13H2,1-3H3. The van der Waals surface area contributed by atoms with Gasteiger partial charge in [-0.2, -0.15) is 0 Å². The number of nitrogens with zero attached hydrogens (tertiary/aromatic N) is 4. The highest BCUT2D eigenvalue weighted by atomic mass is 16.6. The van der Waals surface area contributed by atoms with Gasteiger partial charge in [0, 0.05) is 32.7 Å². The Morgan fingerprint density at radius 1 is 1.15 bits per heavy atom. The first kappa shape index (κ1) is 18.4.